The molecule has 2 aromatic heterocycles. The Labute approximate surface area is 253 Å². The maximum atomic E-state index is 15.2. The Bertz CT molecular complexity index is 2130. The van der Waals surface area contributed by atoms with Gasteiger partial charge in [-0.15, -0.1) is 0 Å². The van der Waals surface area contributed by atoms with Gasteiger partial charge in [-0.25, -0.2) is 9.97 Å². The molecule has 0 aliphatic rings. The molecular weight excluding hydrogens is 557 g/mol. The zero-order valence-corrected chi connectivity index (χ0v) is 24.5. The van der Waals surface area contributed by atoms with Crippen molar-refractivity contribution in [2.24, 2.45) is 0 Å². The number of hydrogen-bond acceptors (Lipinski definition) is 2. The average Bonchev–Trinajstić information content (AvgIpc) is 3.57. The van der Waals surface area contributed by atoms with E-state index < -0.39 is 11.6 Å². The zero-order valence-electron chi connectivity index (χ0n) is 24.5. The van der Waals surface area contributed by atoms with Gasteiger partial charge in [0.1, 0.15) is 17.1 Å². The largest absolute Gasteiger partial charge is 0.402 e. The van der Waals surface area contributed by atoms with Gasteiger partial charge in [0, 0.05) is 16.9 Å². The van der Waals surface area contributed by atoms with E-state index in [1.807, 2.05) is 108 Å². The molecule has 0 saturated carbocycles. The highest BCUT2D eigenvalue weighted by Gasteiger charge is 2.53. The van der Waals surface area contributed by atoms with Crippen molar-refractivity contribution in [1.29, 1.82) is 0 Å². The smallest absolute Gasteiger partial charge is 0.297 e. The molecule has 0 fully saturated rings. The summed E-state index contributed by atoms with van der Waals surface area (Å²) in [5, 5.41) is 0. The average molecular weight is 587 g/mol. The minimum absolute atomic E-state index is 0.115. The van der Waals surface area contributed by atoms with Crippen LogP contribution in [0.4, 0.5) is 13.2 Å². The maximum Gasteiger partial charge on any atom is 0.402 e. The van der Waals surface area contributed by atoms with E-state index in [2.05, 4.69) is 4.98 Å². The first-order valence-electron chi connectivity index (χ1n) is 14.4. The number of fused-ring (bicyclic) bond motifs is 2. The fraction of sp³-hybridized carbons (Fsp3) is 0.135. The Morgan fingerprint density at radius 2 is 1.07 bits per heavy atom. The maximum absolute atomic E-state index is 15.2. The quantitative estimate of drug-likeness (QED) is 0.201. The molecule has 1 unspecified atom stereocenters. The third-order valence-electron chi connectivity index (χ3n) is 8.54. The van der Waals surface area contributed by atoms with E-state index in [9.17, 15) is 0 Å². The van der Waals surface area contributed by atoms with Gasteiger partial charge in [-0.3, -0.25) is 9.13 Å². The highest BCUT2D eigenvalue weighted by Crippen LogP contribution is 2.47. The van der Waals surface area contributed by atoms with E-state index >= 15 is 13.2 Å². The topological polar surface area (TPSA) is 35.6 Å². The molecule has 2 heterocycles. The van der Waals surface area contributed by atoms with Crippen molar-refractivity contribution in [1.82, 2.24) is 19.1 Å². The lowest BCUT2D eigenvalue weighted by Crippen LogP contribution is -2.40. The van der Waals surface area contributed by atoms with E-state index in [1.165, 1.54) is 6.92 Å². The summed E-state index contributed by atoms with van der Waals surface area (Å²) in [7, 11) is 0. The predicted molar refractivity (Wildman–Crippen MR) is 170 cm³/mol. The van der Waals surface area contributed by atoms with Gasteiger partial charge in [0.15, 0.2) is 0 Å². The summed E-state index contributed by atoms with van der Waals surface area (Å²) in [5.74, 6) is 1.37. The van der Waals surface area contributed by atoms with Gasteiger partial charge >= 0.3 is 6.18 Å². The summed E-state index contributed by atoms with van der Waals surface area (Å²) in [6.07, 6.45) is -4.59. The number of hydrogen-bond donors (Lipinski definition) is 0. The fourth-order valence-corrected chi connectivity index (χ4v) is 6.03. The predicted octanol–water partition coefficient (Wildman–Crippen LogP) is 9.52. The number of rotatable bonds is 5. The Hall–Kier alpha value is -5.17. The molecule has 0 spiro atoms. The molecule has 0 bridgehead atoms. The van der Waals surface area contributed by atoms with Crippen LogP contribution in [0.3, 0.4) is 0 Å². The van der Waals surface area contributed by atoms with Crippen molar-refractivity contribution in [2.45, 2.75) is 32.4 Å². The first-order valence-corrected chi connectivity index (χ1v) is 14.4. The van der Waals surface area contributed by atoms with Crippen LogP contribution in [0.15, 0.2) is 121 Å². The molecular formula is C37H29F3N4. The van der Waals surface area contributed by atoms with Crippen molar-refractivity contribution in [3.05, 3.63) is 144 Å². The molecule has 44 heavy (non-hydrogen) atoms. The van der Waals surface area contributed by atoms with Crippen LogP contribution in [-0.4, -0.2) is 25.3 Å². The van der Waals surface area contributed by atoms with E-state index in [-0.39, 0.29) is 11.1 Å². The van der Waals surface area contributed by atoms with Crippen LogP contribution in [0.25, 0.3) is 44.8 Å². The molecule has 7 heteroatoms. The van der Waals surface area contributed by atoms with Crippen LogP contribution in [0, 0.1) is 13.8 Å². The van der Waals surface area contributed by atoms with Crippen LogP contribution >= 0.6 is 0 Å². The van der Waals surface area contributed by atoms with Crippen LogP contribution in [0.5, 0.6) is 0 Å². The number of aryl methyl sites for hydroxylation is 2. The Morgan fingerprint density at radius 1 is 0.568 bits per heavy atom. The Morgan fingerprint density at radius 3 is 1.61 bits per heavy atom. The first-order chi connectivity index (χ1) is 21.1. The fourth-order valence-electron chi connectivity index (χ4n) is 6.03. The molecule has 0 aliphatic carbocycles. The second kappa shape index (κ2) is 10.2. The SMILES string of the molecule is Cc1ccc(-c2nc3cc(C(C)(c4ccc5c(c4)nc(C)n5-c4ccccc4)C(F)(F)F)ccc3n2-c2ccccc2)cc1. The van der Waals surface area contributed by atoms with Crippen molar-refractivity contribution in [3.63, 3.8) is 0 Å². The number of benzene rings is 5. The highest BCUT2D eigenvalue weighted by molar-refractivity contribution is 5.85. The lowest BCUT2D eigenvalue weighted by molar-refractivity contribution is -0.173. The van der Waals surface area contributed by atoms with Crippen molar-refractivity contribution >= 4 is 22.1 Å². The minimum Gasteiger partial charge on any atom is -0.297 e. The molecule has 0 radical (unpaired) electrons. The van der Waals surface area contributed by atoms with Crippen LogP contribution in [0.1, 0.15) is 29.4 Å². The second-order valence-electron chi connectivity index (χ2n) is 11.3. The van der Waals surface area contributed by atoms with Crippen molar-refractivity contribution < 1.29 is 13.2 Å². The Kier molecular flexibility index (Phi) is 6.43. The van der Waals surface area contributed by atoms with E-state index in [1.54, 1.807) is 36.4 Å². The molecule has 1 atom stereocenters. The number of nitrogens with zero attached hydrogens (tertiary/aromatic N) is 4. The number of halogens is 3. The molecule has 7 rings (SSSR count). The van der Waals surface area contributed by atoms with E-state index in [4.69, 9.17) is 4.98 Å². The molecule has 5 aromatic carbocycles. The molecule has 218 valence electrons. The van der Waals surface area contributed by atoms with Crippen LogP contribution in [-0.2, 0) is 5.41 Å². The number of alkyl halides is 3. The van der Waals surface area contributed by atoms with Crippen LogP contribution < -0.4 is 0 Å². The van der Waals surface area contributed by atoms with E-state index in [0.29, 0.717) is 22.7 Å². The van der Waals surface area contributed by atoms with Gasteiger partial charge in [-0.2, -0.15) is 13.2 Å². The second-order valence-corrected chi connectivity index (χ2v) is 11.3. The van der Waals surface area contributed by atoms with Gasteiger partial charge in [-0.05, 0) is 80.4 Å². The monoisotopic (exact) mass is 586 g/mol. The van der Waals surface area contributed by atoms with E-state index in [0.717, 1.165) is 33.5 Å². The van der Waals surface area contributed by atoms with Crippen LogP contribution in [0.2, 0.25) is 0 Å². The summed E-state index contributed by atoms with van der Waals surface area (Å²) in [5.41, 5.74) is 4.19. The standard InChI is InChI=1S/C37H29F3N4/c1-24-14-16-26(17-15-24)35-42-32-23-28(19-21-34(32)44(35)30-12-8-5-9-13-30)36(3,37(38,39)40)27-18-20-33-31(22-27)41-25(2)43(33)29-10-6-4-7-11-29/h4-23H,1-3H3. The highest BCUT2D eigenvalue weighted by atomic mass is 19.4. The van der Waals surface area contributed by atoms with Gasteiger partial charge in [0.2, 0.25) is 0 Å². The van der Waals surface area contributed by atoms with Crippen molar-refractivity contribution in [3.8, 4) is 22.8 Å². The summed E-state index contributed by atoms with van der Waals surface area (Å²) in [6.45, 7) is 5.11. The normalized spacial score (nSPS) is 13.4. The molecule has 4 nitrogen and oxygen atoms in total. The lowest BCUT2D eigenvalue weighted by Gasteiger charge is -2.33. The number of imidazole rings is 2. The van der Waals surface area contributed by atoms with Gasteiger partial charge in [-0.1, -0.05) is 78.4 Å². The minimum atomic E-state index is -4.59. The summed E-state index contributed by atoms with van der Waals surface area (Å²) in [6, 6.07) is 37.2. The van der Waals surface area contributed by atoms with Gasteiger partial charge in [0.05, 0.1) is 22.1 Å². The summed E-state index contributed by atoms with van der Waals surface area (Å²) >= 11 is 0. The third kappa shape index (κ3) is 4.39. The Balaban J connectivity index is 1.41. The van der Waals surface area contributed by atoms with Gasteiger partial charge in [0.25, 0.3) is 0 Å². The summed E-state index contributed by atoms with van der Waals surface area (Å²) in [4.78, 5) is 9.57. The first kappa shape index (κ1) is 27.7. The van der Waals surface area contributed by atoms with Gasteiger partial charge < -0.3 is 0 Å². The zero-order chi connectivity index (χ0) is 30.6. The molecule has 0 saturated heterocycles. The molecule has 7 aromatic rings. The third-order valence-corrected chi connectivity index (χ3v) is 8.54. The lowest BCUT2D eigenvalue weighted by atomic mass is 9.75. The molecule has 0 amide bonds. The number of para-hydroxylation sites is 2. The molecule has 0 aliphatic heterocycles. The number of aromatic nitrogens is 4. The van der Waals surface area contributed by atoms with Crippen molar-refractivity contribution in [2.75, 3.05) is 0 Å². The molecule has 0 N–H and O–H groups in total. The summed E-state index contributed by atoms with van der Waals surface area (Å²) < 4.78 is 49.6.